The molecule has 2 aromatic carbocycles. The lowest BCUT2D eigenvalue weighted by molar-refractivity contribution is -0.0498. The Morgan fingerprint density at radius 2 is 1.74 bits per heavy atom. The molecule has 0 unspecified atom stereocenters. The van der Waals surface area contributed by atoms with Gasteiger partial charge >= 0.3 is 6.61 Å². The fourth-order valence-corrected chi connectivity index (χ4v) is 2.65. The molecule has 0 aliphatic heterocycles. The third-order valence-electron chi connectivity index (χ3n) is 4.17. The molecular weight excluding hydrogens is 300 g/mol. The first kappa shape index (κ1) is 15.5. The van der Waals surface area contributed by atoms with Gasteiger partial charge in [-0.05, 0) is 42.7 Å². The molecule has 0 aromatic heterocycles. The highest BCUT2D eigenvalue weighted by Crippen LogP contribution is 2.47. The first-order valence-electron chi connectivity index (χ1n) is 7.48. The molecular formula is C18H17F2NO2. The number of carbonyl (C=O) groups is 1. The van der Waals surface area contributed by atoms with E-state index in [4.69, 9.17) is 0 Å². The maximum Gasteiger partial charge on any atom is 0.387 e. The van der Waals surface area contributed by atoms with Crippen LogP contribution in [0.5, 0.6) is 5.75 Å². The van der Waals surface area contributed by atoms with Crippen LogP contribution < -0.4 is 10.1 Å². The minimum Gasteiger partial charge on any atom is -0.435 e. The topological polar surface area (TPSA) is 38.3 Å². The molecule has 0 heterocycles. The number of nitrogens with one attached hydrogen (secondary N) is 1. The Morgan fingerprint density at radius 3 is 2.30 bits per heavy atom. The van der Waals surface area contributed by atoms with E-state index in [1.807, 2.05) is 18.2 Å². The number of alkyl halides is 2. The molecule has 1 N–H and O–H groups in total. The zero-order valence-electron chi connectivity index (χ0n) is 12.5. The van der Waals surface area contributed by atoms with Crippen molar-refractivity contribution in [2.75, 3.05) is 6.54 Å². The summed E-state index contributed by atoms with van der Waals surface area (Å²) >= 11 is 0. The Hall–Kier alpha value is -2.43. The summed E-state index contributed by atoms with van der Waals surface area (Å²) in [5.41, 5.74) is 1.70. The third kappa shape index (κ3) is 3.67. The number of hydrogen-bond acceptors (Lipinski definition) is 2. The van der Waals surface area contributed by atoms with Crippen molar-refractivity contribution in [2.24, 2.45) is 0 Å². The van der Waals surface area contributed by atoms with Crippen LogP contribution in [0.3, 0.4) is 0 Å². The monoisotopic (exact) mass is 317 g/mol. The summed E-state index contributed by atoms with van der Waals surface area (Å²) in [6.07, 6.45) is 2.11. The van der Waals surface area contributed by atoms with Gasteiger partial charge in [-0.1, -0.05) is 30.3 Å². The van der Waals surface area contributed by atoms with E-state index >= 15 is 0 Å². The molecule has 1 amide bonds. The minimum absolute atomic E-state index is 0.0373. The first-order valence-corrected chi connectivity index (χ1v) is 7.48. The summed E-state index contributed by atoms with van der Waals surface area (Å²) in [4.78, 5) is 12.2. The van der Waals surface area contributed by atoms with Gasteiger partial charge < -0.3 is 10.1 Å². The fraction of sp³-hybridized carbons (Fsp3) is 0.278. The Labute approximate surface area is 133 Å². The lowest BCUT2D eigenvalue weighted by Gasteiger charge is -2.16. The number of benzene rings is 2. The molecule has 2 aromatic rings. The summed E-state index contributed by atoms with van der Waals surface area (Å²) in [5, 5.41) is 2.93. The molecule has 0 atom stereocenters. The van der Waals surface area contributed by atoms with Crippen molar-refractivity contribution < 1.29 is 18.3 Å². The van der Waals surface area contributed by atoms with Crippen molar-refractivity contribution >= 4 is 5.91 Å². The molecule has 1 aliphatic carbocycles. The molecule has 120 valence electrons. The van der Waals surface area contributed by atoms with Crippen molar-refractivity contribution in [1.82, 2.24) is 5.32 Å². The molecule has 0 radical (unpaired) electrons. The van der Waals surface area contributed by atoms with Crippen LogP contribution in [0, 0.1) is 0 Å². The summed E-state index contributed by atoms with van der Waals surface area (Å²) in [6, 6.07) is 15.8. The van der Waals surface area contributed by atoms with Crippen LogP contribution in [0.25, 0.3) is 0 Å². The van der Waals surface area contributed by atoms with Gasteiger partial charge in [0.15, 0.2) is 0 Å². The van der Waals surface area contributed by atoms with Gasteiger partial charge in [0.25, 0.3) is 5.91 Å². The predicted octanol–water partition coefficient (Wildman–Crippen LogP) is 3.75. The van der Waals surface area contributed by atoms with Gasteiger partial charge in [-0.25, -0.2) is 0 Å². The van der Waals surface area contributed by atoms with Crippen molar-refractivity contribution in [3.05, 3.63) is 65.7 Å². The van der Waals surface area contributed by atoms with Crippen molar-refractivity contribution in [3.63, 3.8) is 0 Å². The number of ether oxygens (including phenoxy) is 1. The zero-order chi connectivity index (χ0) is 16.3. The SMILES string of the molecule is O=C(NCC1(c2ccccc2)CC1)c1ccc(OC(F)F)cc1. The fourth-order valence-electron chi connectivity index (χ4n) is 2.65. The van der Waals surface area contributed by atoms with Crippen molar-refractivity contribution in [2.45, 2.75) is 24.9 Å². The van der Waals surface area contributed by atoms with E-state index in [0.29, 0.717) is 12.1 Å². The van der Waals surface area contributed by atoms with E-state index in [-0.39, 0.29) is 17.1 Å². The maximum atomic E-state index is 12.2. The van der Waals surface area contributed by atoms with Gasteiger partial charge in [-0.15, -0.1) is 0 Å². The smallest absolute Gasteiger partial charge is 0.387 e. The summed E-state index contributed by atoms with van der Waals surface area (Å²) in [7, 11) is 0. The van der Waals surface area contributed by atoms with Gasteiger partial charge in [-0.2, -0.15) is 8.78 Å². The van der Waals surface area contributed by atoms with Crippen LogP contribution in [-0.2, 0) is 5.41 Å². The molecule has 1 aliphatic rings. The Morgan fingerprint density at radius 1 is 1.09 bits per heavy atom. The number of hydrogen-bond donors (Lipinski definition) is 1. The minimum atomic E-state index is -2.87. The zero-order valence-corrected chi connectivity index (χ0v) is 12.5. The van der Waals surface area contributed by atoms with E-state index in [0.717, 1.165) is 12.8 Å². The lowest BCUT2D eigenvalue weighted by atomic mass is 9.96. The van der Waals surface area contributed by atoms with Crippen LogP contribution in [0.1, 0.15) is 28.8 Å². The van der Waals surface area contributed by atoms with E-state index in [9.17, 15) is 13.6 Å². The first-order chi connectivity index (χ1) is 11.1. The molecule has 1 fully saturated rings. The van der Waals surface area contributed by atoms with Crippen molar-refractivity contribution in [3.8, 4) is 5.75 Å². The quantitative estimate of drug-likeness (QED) is 0.881. The molecule has 0 saturated heterocycles. The number of carbonyl (C=O) groups excluding carboxylic acids is 1. The van der Waals surface area contributed by atoms with Crippen LogP contribution in [-0.4, -0.2) is 19.1 Å². The van der Waals surface area contributed by atoms with Gasteiger partial charge in [-0.3, -0.25) is 4.79 Å². The molecule has 1 saturated carbocycles. The van der Waals surface area contributed by atoms with Crippen molar-refractivity contribution in [1.29, 1.82) is 0 Å². The molecule has 0 bridgehead atoms. The van der Waals surface area contributed by atoms with E-state index in [1.165, 1.54) is 29.8 Å². The van der Waals surface area contributed by atoms with Crippen LogP contribution in [0.2, 0.25) is 0 Å². The van der Waals surface area contributed by atoms with Gasteiger partial charge in [0.1, 0.15) is 5.75 Å². The number of amides is 1. The molecule has 3 rings (SSSR count). The third-order valence-corrected chi connectivity index (χ3v) is 4.17. The second-order valence-corrected chi connectivity index (χ2v) is 5.73. The maximum absolute atomic E-state index is 12.2. The van der Waals surface area contributed by atoms with Crippen LogP contribution >= 0.6 is 0 Å². The highest BCUT2D eigenvalue weighted by Gasteiger charge is 2.44. The molecule has 0 spiro atoms. The van der Waals surface area contributed by atoms with E-state index < -0.39 is 6.61 Å². The van der Waals surface area contributed by atoms with Crippen LogP contribution in [0.4, 0.5) is 8.78 Å². The van der Waals surface area contributed by atoms with Gasteiger partial charge in [0.05, 0.1) is 0 Å². The molecule has 5 heteroatoms. The lowest BCUT2D eigenvalue weighted by Crippen LogP contribution is -2.32. The predicted molar refractivity (Wildman–Crippen MR) is 82.8 cm³/mol. The largest absolute Gasteiger partial charge is 0.435 e. The summed E-state index contributed by atoms with van der Waals surface area (Å²) in [5.74, 6) is -0.171. The summed E-state index contributed by atoms with van der Waals surface area (Å²) < 4.78 is 28.5. The van der Waals surface area contributed by atoms with Crippen LogP contribution in [0.15, 0.2) is 54.6 Å². The summed E-state index contributed by atoms with van der Waals surface area (Å²) in [6.45, 7) is -2.29. The Balaban J connectivity index is 1.59. The average molecular weight is 317 g/mol. The normalized spacial score (nSPS) is 15.3. The van der Waals surface area contributed by atoms with E-state index in [1.54, 1.807) is 0 Å². The molecule has 23 heavy (non-hydrogen) atoms. The Kier molecular flexibility index (Phi) is 4.28. The van der Waals surface area contributed by atoms with E-state index in [2.05, 4.69) is 22.2 Å². The second kappa shape index (κ2) is 6.36. The highest BCUT2D eigenvalue weighted by molar-refractivity contribution is 5.94. The Bertz CT molecular complexity index is 667. The highest BCUT2D eigenvalue weighted by atomic mass is 19.3. The van der Waals surface area contributed by atoms with Gasteiger partial charge in [0.2, 0.25) is 0 Å². The van der Waals surface area contributed by atoms with Gasteiger partial charge in [0, 0.05) is 17.5 Å². The second-order valence-electron chi connectivity index (χ2n) is 5.73. The number of rotatable bonds is 6. The number of halogens is 2. The average Bonchev–Trinajstić information content (AvgIpc) is 3.35. The molecule has 3 nitrogen and oxygen atoms in total. The standard InChI is InChI=1S/C18H17F2NO2/c19-17(20)23-15-8-6-13(7-9-15)16(22)21-12-18(10-11-18)14-4-2-1-3-5-14/h1-9,17H,10-12H2,(H,21,22).